The monoisotopic (exact) mass is 497 g/mol. The molecule has 0 radical (unpaired) electrons. The summed E-state index contributed by atoms with van der Waals surface area (Å²) in [7, 11) is 1.52. The van der Waals surface area contributed by atoms with Gasteiger partial charge in [-0.05, 0) is 28.8 Å². The van der Waals surface area contributed by atoms with Gasteiger partial charge in [-0.1, -0.05) is 103 Å². The van der Waals surface area contributed by atoms with Gasteiger partial charge in [0.05, 0.1) is 25.0 Å². The summed E-state index contributed by atoms with van der Waals surface area (Å²) in [5.74, 6) is -1.88. The molecule has 0 spiro atoms. The van der Waals surface area contributed by atoms with Crippen molar-refractivity contribution in [3.63, 3.8) is 0 Å². The van der Waals surface area contributed by atoms with Gasteiger partial charge in [-0.3, -0.25) is 4.99 Å². The van der Waals surface area contributed by atoms with Crippen LogP contribution >= 0.6 is 0 Å². The lowest BCUT2D eigenvalue weighted by atomic mass is 9.80. The van der Waals surface area contributed by atoms with Gasteiger partial charge in [0.15, 0.2) is 11.6 Å². The molecule has 37 heavy (non-hydrogen) atoms. The van der Waals surface area contributed by atoms with E-state index in [1.807, 2.05) is 91.0 Å². The molecule has 0 saturated heterocycles. The molecule has 4 aromatic rings. The minimum Gasteiger partial charge on any atom is -0.365 e. The SMILES string of the molecule is C=CC(COC(c1ccccc1)(c1ccccc1)c1ccccc1)OC/C(=N\C)c1cccc(F)c1F. The lowest BCUT2D eigenvalue weighted by molar-refractivity contribution is -0.0411. The quantitative estimate of drug-likeness (QED) is 0.127. The molecule has 5 heteroatoms. The molecule has 0 aliphatic carbocycles. The Morgan fingerprint density at radius 2 is 1.32 bits per heavy atom. The zero-order valence-corrected chi connectivity index (χ0v) is 20.7. The van der Waals surface area contributed by atoms with E-state index in [1.54, 1.807) is 6.08 Å². The van der Waals surface area contributed by atoms with E-state index >= 15 is 0 Å². The highest BCUT2D eigenvalue weighted by Gasteiger charge is 2.38. The van der Waals surface area contributed by atoms with Gasteiger partial charge in [0.25, 0.3) is 0 Å². The minimum atomic E-state index is -0.950. The van der Waals surface area contributed by atoms with E-state index in [1.165, 1.54) is 19.2 Å². The van der Waals surface area contributed by atoms with Crippen molar-refractivity contribution in [2.24, 2.45) is 4.99 Å². The number of benzene rings is 4. The molecule has 3 nitrogen and oxygen atoms in total. The molecule has 0 aromatic heterocycles. The van der Waals surface area contributed by atoms with Gasteiger partial charge >= 0.3 is 0 Å². The van der Waals surface area contributed by atoms with Crippen LogP contribution < -0.4 is 0 Å². The van der Waals surface area contributed by atoms with E-state index in [9.17, 15) is 8.78 Å². The third-order valence-electron chi connectivity index (χ3n) is 6.23. The average molecular weight is 498 g/mol. The maximum atomic E-state index is 14.4. The zero-order chi connectivity index (χ0) is 26.1. The van der Waals surface area contributed by atoms with E-state index < -0.39 is 23.3 Å². The first-order valence-electron chi connectivity index (χ1n) is 12.0. The standard InChI is InChI=1S/C32H29F2NO2/c1-3-27(36-23-30(35-2)28-20-13-21-29(33)31(28)34)22-37-32(24-14-7-4-8-15-24,25-16-9-5-10-17-25)26-18-11-6-12-19-26/h3-21,27H,1,22-23H2,2H3/b35-30+. The molecule has 0 heterocycles. The molecular weight excluding hydrogens is 468 g/mol. The second-order valence-corrected chi connectivity index (χ2v) is 8.45. The highest BCUT2D eigenvalue weighted by molar-refractivity contribution is 6.01. The topological polar surface area (TPSA) is 30.8 Å². The summed E-state index contributed by atoms with van der Waals surface area (Å²) in [6, 6.07) is 34.1. The fourth-order valence-corrected chi connectivity index (χ4v) is 4.34. The molecule has 4 rings (SSSR count). The van der Waals surface area contributed by atoms with E-state index in [4.69, 9.17) is 9.47 Å². The van der Waals surface area contributed by atoms with Crippen LogP contribution in [-0.4, -0.2) is 32.1 Å². The fraction of sp³-hybridized carbons (Fsp3) is 0.156. The second-order valence-electron chi connectivity index (χ2n) is 8.45. The Morgan fingerprint density at radius 1 is 0.811 bits per heavy atom. The zero-order valence-electron chi connectivity index (χ0n) is 20.7. The van der Waals surface area contributed by atoms with Crippen molar-refractivity contribution in [3.05, 3.63) is 156 Å². The van der Waals surface area contributed by atoms with Gasteiger partial charge in [-0.25, -0.2) is 8.78 Å². The number of aliphatic imine (C=N–C) groups is 1. The van der Waals surface area contributed by atoms with Gasteiger partial charge in [-0.15, -0.1) is 6.58 Å². The molecule has 188 valence electrons. The number of nitrogens with zero attached hydrogens (tertiary/aromatic N) is 1. The maximum Gasteiger partial charge on any atom is 0.167 e. The first-order valence-corrected chi connectivity index (χ1v) is 12.0. The summed E-state index contributed by atoms with van der Waals surface area (Å²) in [4.78, 5) is 4.13. The average Bonchev–Trinajstić information content (AvgIpc) is 2.96. The number of hydrogen-bond acceptors (Lipinski definition) is 3. The lowest BCUT2D eigenvalue weighted by Gasteiger charge is -2.36. The Balaban J connectivity index is 1.64. The molecule has 0 aliphatic heterocycles. The Labute approximate surface area is 216 Å². The van der Waals surface area contributed by atoms with Crippen LogP contribution in [0, 0.1) is 11.6 Å². The van der Waals surface area contributed by atoms with Gasteiger partial charge in [-0.2, -0.15) is 0 Å². The van der Waals surface area contributed by atoms with Crippen LogP contribution in [0.1, 0.15) is 22.3 Å². The Hall–Kier alpha value is -3.93. The summed E-state index contributed by atoms with van der Waals surface area (Å²) in [6.45, 7) is 4.03. The van der Waals surface area contributed by atoms with Gasteiger partial charge in [0.1, 0.15) is 5.60 Å². The van der Waals surface area contributed by atoms with E-state index in [-0.39, 0.29) is 18.8 Å². The second kappa shape index (κ2) is 12.3. The summed E-state index contributed by atoms with van der Waals surface area (Å²) in [5, 5.41) is 0. The van der Waals surface area contributed by atoms with Gasteiger partial charge in [0, 0.05) is 12.6 Å². The van der Waals surface area contributed by atoms with E-state index in [0.717, 1.165) is 22.8 Å². The van der Waals surface area contributed by atoms with Crippen molar-refractivity contribution in [3.8, 4) is 0 Å². The third kappa shape index (κ3) is 5.74. The van der Waals surface area contributed by atoms with Crippen molar-refractivity contribution < 1.29 is 18.3 Å². The molecular formula is C32H29F2NO2. The molecule has 0 N–H and O–H groups in total. The predicted octanol–water partition coefficient (Wildman–Crippen LogP) is 6.96. The van der Waals surface area contributed by atoms with Crippen molar-refractivity contribution in [2.45, 2.75) is 11.7 Å². The number of halogens is 2. The van der Waals surface area contributed by atoms with Crippen LogP contribution in [0.15, 0.2) is 127 Å². The summed E-state index contributed by atoms with van der Waals surface area (Å²) in [5.41, 5.74) is 2.35. The Morgan fingerprint density at radius 3 is 1.78 bits per heavy atom. The van der Waals surface area contributed by atoms with Crippen molar-refractivity contribution in [2.75, 3.05) is 20.3 Å². The largest absolute Gasteiger partial charge is 0.365 e. The molecule has 4 aromatic carbocycles. The number of ether oxygens (including phenoxy) is 2. The third-order valence-corrected chi connectivity index (χ3v) is 6.23. The van der Waals surface area contributed by atoms with Crippen LogP contribution in [-0.2, 0) is 15.1 Å². The van der Waals surface area contributed by atoms with E-state index in [2.05, 4.69) is 11.6 Å². The summed E-state index contributed by atoms with van der Waals surface area (Å²) >= 11 is 0. The van der Waals surface area contributed by atoms with Crippen LogP contribution in [0.2, 0.25) is 0 Å². The highest BCUT2D eigenvalue weighted by Crippen LogP contribution is 2.40. The molecule has 0 bridgehead atoms. The van der Waals surface area contributed by atoms with Crippen molar-refractivity contribution >= 4 is 5.71 Å². The Bertz CT molecular complexity index is 1230. The number of hydrogen-bond donors (Lipinski definition) is 0. The van der Waals surface area contributed by atoms with Gasteiger partial charge < -0.3 is 9.47 Å². The van der Waals surface area contributed by atoms with Crippen molar-refractivity contribution in [1.29, 1.82) is 0 Å². The smallest absolute Gasteiger partial charge is 0.167 e. The molecule has 0 fully saturated rings. The minimum absolute atomic E-state index is 0.0358. The van der Waals surface area contributed by atoms with Crippen molar-refractivity contribution in [1.82, 2.24) is 0 Å². The first-order chi connectivity index (χ1) is 18.1. The van der Waals surface area contributed by atoms with Crippen LogP contribution in [0.5, 0.6) is 0 Å². The Kier molecular flexibility index (Phi) is 8.72. The fourth-order valence-electron chi connectivity index (χ4n) is 4.34. The predicted molar refractivity (Wildman–Crippen MR) is 144 cm³/mol. The van der Waals surface area contributed by atoms with Crippen LogP contribution in [0.3, 0.4) is 0 Å². The lowest BCUT2D eigenvalue weighted by Crippen LogP contribution is -2.36. The van der Waals surface area contributed by atoms with E-state index in [0.29, 0.717) is 5.71 Å². The summed E-state index contributed by atoms with van der Waals surface area (Å²) in [6.07, 6.45) is 1.10. The normalized spacial score (nSPS) is 12.8. The number of rotatable bonds is 11. The summed E-state index contributed by atoms with van der Waals surface area (Å²) < 4.78 is 40.9. The molecule has 0 amide bonds. The first kappa shape index (κ1) is 26.1. The van der Waals surface area contributed by atoms with Crippen LogP contribution in [0.25, 0.3) is 0 Å². The maximum absolute atomic E-state index is 14.4. The molecule has 0 saturated carbocycles. The molecule has 1 atom stereocenters. The molecule has 0 aliphatic rings. The molecule has 1 unspecified atom stereocenters. The highest BCUT2D eigenvalue weighted by atomic mass is 19.2. The van der Waals surface area contributed by atoms with Gasteiger partial charge in [0.2, 0.25) is 0 Å². The van der Waals surface area contributed by atoms with Crippen LogP contribution in [0.4, 0.5) is 8.78 Å².